The van der Waals surface area contributed by atoms with Crippen LogP contribution in [-0.4, -0.2) is 11.9 Å². The van der Waals surface area contributed by atoms with Gasteiger partial charge in [0.2, 0.25) is 0 Å². The van der Waals surface area contributed by atoms with E-state index in [2.05, 4.69) is 17.5 Å². The summed E-state index contributed by atoms with van der Waals surface area (Å²) in [5.74, 6) is 0.0697. The lowest BCUT2D eigenvalue weighted by atomic mass is 10.0. The number of nitrogens with one attached hydrogen (secondary N) is 1. The molecule has 2 nitrogen and oxygen atoms in total. The molecule has 0 aliphatic heterocycles. The first kappa shape index (κ1) is 9.46. The Labute approximate surface area is 87.6 Å². The lowest BCUT2D eigenvalue weighted by Crippen LogP contribution is -2.34. The van der Waals surface area contributed by atoms with Crippen molar-refractivity contribution in [3.63, 3.8) is 0 Å². The number of carbonyl (C=O) groups excluding carboxylic acids is 1. The number of thiophene rings is 1. The molecule has 1 aliphatic rings. The highest BCUT2D eigenvalue weighted by atomic mass is 32.1. The molecule has 1 unspecified atom stereocenters. The number of carbonyl (C=O) groups is 1. The van der Waals surface area contributed by atoms with Gasteiger partial charge < -0.3 is 5.32 Å². The second-order valence-corrected chi connectivity index (χ2v) is 4.38. The number of rotatable bonds is 2. The molecule has 1 amide bonds. The van der Waals surface area contributed by atoms with E-state index >= 15 is 0 Å². The molecule has 1 atom stereocenters. The fourth-order valence-corrected chi connectivity index (χ4v) is 2.22. The summed E-state index contributed by atoms with van der Waals surface area (Å²) >= 11 is 1.49. The molecule has 1 aliphatic carbocycles. The summed E-state index contributed by atoms with van der Waals surface area (Å²) in [5.41, 5.74) is 0. The molecule has 0 saturated carbocycles. The van der Waals surface area contributed by atoms with Gasteiger partial charge in [-0.1, -0.05) is 18.2 Å². The predicted octanol–water partition coefficient (Wildman–Crippen LogP) is 2.59. The molecule has 0 radical (unpaired) electrons. The third kappa shape index (κ3) is 2.23. The van der Waals surface area contributed by atoms with Crippen molar-refractivity contribution in [2.45, 2.75) is 25.3 Å². The van der Waals surface area contributed by atoms with Crippen molar-refractivity contribution in [3.8, 4) is 0 Å². The Hall–Kier alpha value is -1.09. The molecule has 0 fully saturated rings. The Kier molecular flexibility index (Phi) is 2.99. The van der Waals surface area contributed by atoms with Crippen molar-refractivity contribution in [3.05, 3.63) is 34.5 Å². The fourth-order valence-electron chi connectivity index (χ4n) is 1.59. The molecular formula is C11H13NOS. The minimum atomic E-state index is 0.0697. The molecule has 0 saturated heterocycles. The molecule has 1 heterocycles. The Morgan fingerprint density at radius 1 is 1.50 bits per heavy atom. The van der Waals surface area contributed by atoms with E-state index in [0.717, 1.165) is 24.1 Å². The molecule has 1 aromatic heterocycles. The maximum absolute atomic E-state index is 11.6. The Morgan fingerprint density at radius 2 is 2.43 bits per heavy atom. The van der Waals surface area contributed by atoms with Gasteiger partial charge in [0, 0.05) is 6.04 Å². The summed E-state index contributed by atoms with van der Waals surface area (Å²) in [7, 11) is 0. The first-order valence-corrected chi connectivity index (χ1v) is 5.73. The molecule has 0 aromatic carbocycles. The zero-order chi connectivity index (χ0) is 9.80. The van der Waals surface area contributed by atoms with Crippen LogP contribution in [0.25, 0.3) is 0 Å². The number of amides is 1. The smallest absolute Gasteiger partial charge is 0.261 e. The molecular weight excluding hydrogens is 194 g/mol. The van der Waals surface area contributed by atoms with Gasteiger partial charge in [0.05, 0.1) is 4.88 Å². The monoisotopic (exact) mass is 207 g/mol. The molecule has 2 rings (SSSR count). The summed E-state index contributed by atoms with van der Waals surface area (Å²) in [4.78, 5) is 12.5. The summed E-state index contributed by atoms with van der Waals surface area (Å²) in [6.45, 7) is 0. The second-order valence-electron chi connectivity index (χ2n) is 3.43. The van der Waals surface area contributed by atoms with E-state index < -0.39 is 0 Å². The second kappa shape index (κ2) is 4.42. The highest BCUT2D eigenvalue weighted by Gasteiger charge is 2.14. The maximum Gasteiger partial charge on any atom is 0.261 e. The topological polar surface area (TPSA) is 29.1 Å². The lowest BCUT2D eigenvalue weighted by molar-refractivity contribution is 0.0939. The van der Waals surface area contributed by atoms with Crippen LogP contribution in [0.5, 0.6) is 0 Å². The number of hydrogen-bond donors (Lipinski definition) is 1. The zero-order valence-corrected chi connectivity index (χ0v) is 8.72. The van der Waals surface area contributed by atoms with Crippen LogP contribution >= 0.6 is 11.3 Å². The molecule has 14 heavy (non-hydrogen) atoms. The molecule has 74 valence electrons. The van der Waals surface area contributed by atoms with E-state index in [0.29, 0.717) is 6.04 Å². The van der Waals surface area contributed by atoms with Crippen LogP contribution < -0.4 is 5.32 Å². The average Bonchev–Trinajstić information content (AvgIpc) is 2.72. The van der Waals surface area contributed by atoms with Crippen LogP contribution in [-0.2, 0) is 0 Å². The fraction of sp³-hybridized carbons (Fsp3) is 0.364. The zero-order valence-electron chi connectivity index (χ0n) is 7.90. The van der Waals surface area contributed by atoms with Crippen molar-refractivity contribution >= 4 is 17.2 Å². The van der Waals surface area contributed by atoms with Gasteiger partial charge in [-0.3, -0.25) is 4.79 Å². The van der Waals surface area contributed by atoms with Gasteiger partial charge in [-0.15, -0.1) is 11.3 Å². The van der Waals surface area contributed by atoms with Crippen LogP contribution in [0.2, 0.25) is 0 Å². The summed E-state index contributed by atoms with van der Waals surface area (Å²) in [6, 6.07) is 4.09. The van der Waals surface area contributed by atoms with Crippen molar-refractivity contribution in [2.24, 2.45) is 0 Å². The third-order valence-corrected chi connectivity index (χ3v) is 3.22. The molecule has 0 spiro atoms. The Bertz CT molecular complexity index is 329. The first-order valence-electron chi connectivity index (χ1n) is 4.85. The molecule has 1 N–H and O–H groups in total. The third-order valence-electron chi connectivity index (χ3n) is 2.35. The van der Waals surface area contributed by atoms with Gasteiger partial charge in [0.25, 0.3) is 5.91 Å². The number of allylic oxidation sites excluding steroid dienone is 1. The number of hydrogen-bond acceptors (Lipinski definition) is 2. The van der Waals surface area contributed by atoms with Gasteiger partial charge in [-0.05, 0) is 30.7 Å². The molecule has 0 bridgehead atoms. The van der Waals surface area contributed by atoms with Gasteiger partial charge in [0.15, 0.2) is 0 Å². The highest BCUT2D eigenvalue weighted by molar-refractivity contribution is 7.12. The van der Waals surface area contributed by atoms with Gasteiger partial charge in [-0.25, -0.2) is 0 Å². The van der Waals surface area contributed by atoms with Crippen molar-refractivity contribution in [2.75, 3.05) is 0 Å². The average molecular weight is 207 g/mol. The van der Waals surface area contributed by atoms with E-state index in [9.17, 15) is 4.79 Å². The summed E-state index contributed by atoms with van der Waals surface area (Å²) in [5, 5.41) is 4.97. The van der Waals surface area contributed by atoms with Gasteiger partial charge >= 0.3 is 0 Å². The van der Waals surface area contributed by atoms with Gasteiger partial charge in [0.1, 0.15) is 0 Å². The quantitative estimate of drug-likeness (QED) is 0.742. The van der Waals surface area contributed by atoms with E-state index in [1.54, 1.807) is 0 Å². The minimum absolute atomic E-state index is 0.0697. The van der Waals surface area contributed by atoms with E-state index in [-0.39, 0.29) is 5.91 Å². The van der Waals surface area contributed by atoms with Crippen LogP contribution in [0.4, 0.5) is 0 Å². The summed E-state index contributed by atoms with van der Waals surface area (Å²) in [6.07, 6.45) is 7.43. The largest absolute Gasteiger partial charge is 0.348 e. The van der Waals surface area contributed by atoms with E-state index in [1.807, 2.05) is 17.5 Å². The SMILES string of the molecule is O=C(NC1CC=CCC1)c1cccs1. The Morgan fingerprint density at radius 3 is 3.07 bits per heavy atom. The predicted molar refractivity (Wildman–Crippen MR) is 58.6 cm³/mol. The van der Waals surface area contributed by atoms with Crippen LogP contribution in [0.1, 0.15) is 28.9 Å². The standard InChI is InChI=1S/C11H13NOS/c13-11(10-7-4-8-14-10)12-9-5-2-1-3-6-9/h1-2,4,7-9H,3,5-6H2,(H,12,13). The van der Waals surface area contributed by atoms with E-state index in [4.69, 9.17) is 0 Å². The normalized spacial score (nSPS) is 20.7. The first-order chi connectivity index (χ1) is 6.86. The summed E-state index contributed by atoms with van der Waals surface area (Å²) < 4.78 is 0. The van der Waals surface area contributed by atoms with Crippen LogP contribution in [0, 0.1) is 0 Å². The van der Waals surface area contributed by atoms with Crippen molar-refractivity contribution in [1.82, 2.24) is 5.32 Å². The molecule has 1 aromatic rings. The van der Waals surface area contributed by atoms with Crippen LogP contribution in [0.15, 0.2) is 29.7 Å². The van der Waals surface area contributed by atoms with Gasteiger partial charge in [-0.2, -0.15) is 0 Å². The maximum atomic E-state index is 11.6. The Balaban J connectivity index is 1.91. The van der Waals surface area contributed by atoms with E-state index in [1.165, 1.54) is 11.3 Å². The lowest BCUT2D eigenvalue weighted by Gasteiger charge is -2.18. The highest BCUT2D eigenvalue weighted by Crippen LogP contribution is 2.13. The molecule has 3 heteroatoms. The van der Waals surface area contributed by atoms with Crippen LogP contribution in [0.3, 0.4) is 0 Å². The van der Waals surface area contributed by atoms with Crippen molar-refractivity contribution in [1.29, 1.82) is 0 Å². The minimum Gasteiger partial charge on any atom is -0.348 e. The van der Waals surface area contributed by atoms with Crippen molar-refractivity contribution < 1.29 is 4.79 Å².